The molecule has 0 saturated heterocycles. The Hall–Kier alpha value is -2.30. The van der Waals surface area contributed by atoms with Gasteiger partial charge in [0.1, 0.15) is 4.90 Å². The van der Waals surface area contributed by atoms with Crippen molar-refractivity contribution in [1.82, 2.24) is 4.31 Å². The van der Waals surface area contributed by atoms with Crippen molar-refractivity contribution in [2.24, 2.45) is 0 Å². The van der Waals surface area contributed by atoms with Gasteiger partial charge in [0.25, 0.3) is 0 Å². The van der Waals surface area contributed by atoms with Crippen molar-refractivity contribution in [3.05, 3.63) is 92.9 Å². The van der Waals surface area contributed by atoms with Crippen LogP contribution in [0.1, 0.15) is 11.1 Å². The summed E-state index contributed by atoms with van der Waals surface area (Å²) in [5.41, 5.74) is -0.764. The largest absolute Gasteiger partial charge is 0.416 e. The fourth-order valence-corrected chi connectivity index (χ4v) is 5.26. The molecular weight excluding hydrogens is 536 g/mol. The van der Waals surface area contributed by atoms with E-state index in [2.05, 4.69) is 5.32 Å². The van der Waals surface area contributed by atoms with Gasteiger partial charge in [-0.3, -0.25) is 4.79 Å². The molecule has 34 heavy (non-hydrogen) atoms. The number of carbonyl (C=O) groups excluding carboxylic acids is 1. The van der Waals surface area contributed by atoms with Crippen LogP contribution >= 0.6 is 34.8 Å². The van der Waals surface area contributed by atoms with Gasteiger partial charge in [0, 0.05) is 11.6 Å². The average molecular weight is 552 g/mol. The molecule has 0 heterocycles. The first-order valence-electron chi connectivity index (χ1n) is 9.53. The molecule has 3 rings (SSSR count). The Morgan fingerprint density at radius 2 is 1.56 bits per heavy atom. The Bertz CT molecular complexity index is 1300. The number of alkyl halides is 3. The Labute approximate surface area is 209 Å². The first kappa shape index (κ1) is 26.3. The maximum atomic E-state index is 13.4. The fourth-order valence-electron chi connectivity index (χ4n) is 2.97. The maximum Gasteiger partial charge on any atom is 0.416 e. The molecule has 0 bridgehead atoms. The summed E-state index contributed by atoms with van der Waals surface area (Å²) < 4.78 is 66.7. The Morgan fingerprint density at radius 3 is 2.21 bits per heavy atom. The average Bonchev–Trinajstić information content (AvgIpc) is 2.76. The zero-order chi connectivity index (χ0) is 25.1. The summed E-state index contributed by atoms with van der Waals surface area (Å²) in [6, 6.07) is 14.7. The predicted octanol–water partition coefficient (Wildman–Crippen LogP) is 6.50. The number of nitrogens with zero attached hydrogens (tertiary/aromatic N) is 1. The normalized spacial score (nSPS) is 12.1. The molecule has 3 aromatic rings. The second-order valence-electron chi connectivity index (χ2n) is 7.07. The van der Waals surface area contributed by atoms with E-state index in [0.29, 0.717) is 11.6 Å². The highest BCUT2D eigenvalue weighted by Gasteiger charge is 2.32. The number of amides is 1. The summed E-state index contributed by atoms with van der Waals surface area (Å²) in [6.45, 7) is -0.942. The van der Waals surface area contributed by atoms with Crippen molar-refractivity contribution in [3.63, 3.8) is 0 Å². The first-order valence-corrected chi connectivity index (χ1v) is 12.1. The quantitative estimate of drug-likeness (QED) is 0.365. The van der Waals surface area contributed by atoms with E-state index in [1.54, 1.807) is 30.3 Å². The minimum atomic E-state index is -4.66. The molecule has 1 amide bonds. The van der Waals surface area contributed by atoms with Gasteiger partial charge >= 0.3 is 6.18 Å². The van der Waals surface area contributed by atoms with Crippen molar-refractivity contribution >= 4 is 56.4 Å². The standard InChI is InChI=1S/C22H16Cl3F3N2O3S/c23-16-7-9-18(25)20(11-16)34(32,33)30(12-14-4-2-1-3-5-14)13-21(31)29-19-10-15(22(26,27)28)6-8-17(19)24/h1-11H,12-13H2,(H,29,31). The van der Waals surface area contributed by atoms with E-state index in [9.17, 15) is 26.4 Å². The van der Waals surface area contributed by atoms with E-state index in [1.807, 2.05) is 0 Å². The molecule has 0 spiro atoms. The zero-order valence-electron chi connectivity index (χ0n) is 17.1. The summed E-state index contributed by atoms with van der Waals surface area (Å²) >= 11 is 18.0. The first-order chi connectivity index (χ1) is 15.9. The number of sulfonamides is 1. The summed E-state index contributed by atoms with van der Waals surface area (Å²) in [5.74, 6) is -0.904. The van der Waals surface area contributed by atoms with Crippen LogP contribution in [0.3, 0.4) is 0 Å². The van der Waals surface area contributed by atoms with Crippen LogP contribution in [-0.2, 0) is 27.5 Å². The van der Waals surface area contributed by atoms with Gasteiger partial charge < -0.3 is 5.32 Å². The van der Waals surface area contributed by atoms with Crippen LogP contribution in [0, 0.1) is 0 Å². The van der Waals surface area contributed by atoms with E-state index >= 15 is 0 Å². The van der Waals surface area contributed by atoms with E-state index in [4.69, 9.17) is 34.8 Å². The number of anilines is 1. The smallest absolute Gasteiger partial charge is 0.324 e. The number of benzene rings is 3. The monoisotopic (exact) mass is 550 g/mol. The molecule has 0 aromatic heterocycles. The van der Waals surface area contributed by atoms with Gasteiger partial charge in [-0.05, 0) is 42.0 Å². The van der Waals surface area contributed by atoms with Crippen LogP contribution in [-0.4, -0.2) is 25.2 Å². The number of nitrogens with one attached hydrogen (secondary N) is 1. The lowest BCUT2D eigenvalue weighted by Gasteiger charge is -2.23. The number of hydrogen-bond donors (Lipinski definition) is 1. The Kier molecular flexibility index (Phi) is 8.15. The number of hydrogen-bond acceptors (Lipinski definition) is 3. The molecule has 0 aliphatic carbocycles. The zero-order valence-corrected chi connectivity index (χ0v) is 20.2. The highest BCUT2D eigenvalue weighted by molar-refractivity contribution is 7.89. The third-order valence-electron chi connectivity index (χ3n) is 4.60. The summed E-state index contributed by atoms with van der Waals surface area (Å²) in [6.07, 6.45) is -4.66. The molecule has 180 valence electrons. The molecule has 0 radical (unpaired) electrons. The van der Waals surface area contributed by atoms with Crippen LogP contribution in [0.4, 0.5) is 18.9 Å². The molecule has 0 unspecified atom stereocenters. The molecular formula is C22H16Cl3F3N2O3S. The van der Waals surface area contributed by atoms with Crippen LogP contribution in [0.15, 0.2) is 71.6 Å². The van der Waals surface area contributed by atoms with E-state index in [0.717, 1.165) is 22.5 Å². The van der Waals surface area contributed by atoms with Gasteiger partial charge in [0.15, 0.2) is 0 Å². The Balaban J connectivity index is 1.93. The van der Waals surface area contributed by atoms with Crippen molar-refractivity contribution < 1.29 is 26.4 Å². The van der Waals surface area contributed by atoms with Crippen LogP contribution in [0.25, 0.3) is 0 Å². The van der Waals surface area contributed by atoms with Crippen LogP contribution in [0.5, 0.6) is 0 Å². The number of halogens is 6. The lowest BCUT2D eigenvalue weighted by molar-refractivity contribution is -0.137. The van der Waals surface area contributed by atoms with Crippen molar-refractivity contribution in [2.75, 3.05) is 11.9 Å². The van der Waals surface area contributed by atoms with Gasteiger partial charge in [0.2, 0.25) is 15.9 Å². The topological polar surface area (TPSA) is 66.5 Å². The van der Waals surface area contributed by atoms with Gasteiger partial charge in [-0.2, -0.15) is 17.5 Å². The van der Waals surface area contributed by atoms with Gasteiger partial charge in [-0.25, -0.2) is 8.42 Å². The second kappa shape index (κ2) is 10.5. The van der Waals surface area contributed by atoms with Crippen molar-refractivity contribution in [1.29, 1.82) is 0 Å². The molecule has 5 nitrogen and oxygen atoms in total. The summed E-state index contributed by atoms with van der Waals surface area (Å²) in [7, 11) is -4.34. The molecule has 1 N–H and O–H groups in total. The molecule has 0 saturated carbocycles. The number of carbonyl (C=O) groups is 1. The maximum absolute atomic E-state index is 13.4. The minimum Gasteiger partial charge on any atom is -0.324 e. The van der Waals surface area contributed by atoms with Crippen LogP contribution < -0.4 is 5.32 Å². The molecule has 3 aromatic carbocycles. The number of rotatable bonds is 7. The highest BCUT2D eigenvalue weighted by Crippen LogP contribution is 2.34. The third kappa shape index (κ3) is 6.43. The second-order valence-corrected chi connectivity index (χ2v) is 10.2. The van der Waals surface area contributed by atoms with E-state index < -0.39 is 34.2 Å². The SMILES string of the molecule is O=C(CN(Cc1ccccc1)S(=O)(=O)c1cc(Cl)ccc1Cl)Nc1cc(C(F)(F)F)ccc1Cl. The van der Waals surface area contributed by atoms with Gasteiger partial charge in [0.05, 0.1) is 27.8 Å². The molecule has 0 atom stereocenters. The predicted molar refractivity (Wildman–Crippen MR) is 126 cm³/mol. The van der Waals surface area contributed by atoms with Crippen molar-refractivity contribution in [2.45, 2.75) is 17.6 Å². The fraction of sp³-hybridized carbons (Fsp3) is 0.136. The van der Waals surface area contributed by atoms with E-state index in [1.165, 1.54) is 12.1 Å². The van der Waals surface area contributed by atoms with Crippen molar-refractivity contribution in [3.8, 4) is 0 Å². The van der Waals surface area contributed by atoms with Gasteiger partial charge in [-0.15, -0.1) is 0 Å². The van der Waals surface area contributed by atoms with Crippen LogP contribution in [0.2, 0.25) is 15.1 Å². The molecule has 0 aliphatic heterocycles. The summed E-state index contributed by atoms with van der Waals surface area (Å²) in [5, 5.41) is 2.12. The minimum absolute atomic E-state index is 0.108. The third-order valence-corrected chi connectivity index (χ3v) is 7.44. The molecule has 0 aliphatic rings. The highest BCUT2D eigenvalue weighted by atomic mass is 35.5. The van der Waals surface area contributed by atoms with Gasteiger partial charge in [-0.1, -0.05) is 65.1 Å². The Morgan fingerprint density at radius 1 is 0.912 bits per heavy atom. The lowest BCUT2D eigenvalue weighted by Crippen LogP contribution is -2.37. The lowest BCUT2D eigenvalue weighted by atomic mass is 10.2. The molecule has 12 heteroatoms. The summed E-state index contributed by atoms with van der Waals surface area (Å²) in [4.78, 5) is 12.4. The van der Waals surface area contributed by atoms with E-state index in [-0.39, 0.29) is 32.2 Å². The molecule has 0 fully saturated rings.